The maximum Gasteiger partial charge on any atom is 0.243 e. The predicted molar refractivity (Wildman–Crippen MR) is 94.0 cm³/mol. The van der Waals surface area contributed by atoms with Crippen LogP contribution >= 0.6 is 0 Å². The van der Waals surface area contributed by atoms with Crippen LogP contribution in [0, 0.1) is 6.92 Å². The molecule has 0 aliphatic carbocycles. The molecule has 2 aromatic rings. The maximum absolute atomic E-state index is 13.0. The van der Waals surface area contributed by atoms with Gasteiger partial charge in [0.1, 0.15) is 5.76 Å². The maximum atomic E-state index is 13.0. The first-order valence-corrected chi connectivity index (χ1v) is 9.79. The Bertz CT molecular complexity index is 844. The first-order chi connectivity index (χ1) is 12.4. The van der Waals surface area contributed by atoms with Crippen LogP contribution < -0.4 is 5.32 Å². The number of anilines is 1. The summed E-state index contributed by atoms with van der Waals surface area (Å²) < 4.78 is 37.5. The molecule has 1 aliphatic rings. The third-order valence-corrected chi connectivity index (χ3v) is 5.85. The Morgan fingerprint density at radius 1 is 1.35 bits per heavy atom. The fraction of sp³-hybridized carbons (Fsp3) is 0.412. The number of benzene rings is 1. The molecule has 8 nitrogen and oxygen atoms in total. The van der Waals surface area contributed by atoms with E-state index in [1.807, 2.05) is 0 Å². The van der Waals surface area contributed by atoms with E-state index in [0.29, 0.717) is 12.4 Å². The Morgan fingerprint density at radius 3 is 2.73 bits per heavy atom. The number of rotatable bonds is 7. The fourth-order valence-electron chi connectivity index (χ4n) is 2.77. The topological polar surface area (TPSA) is 102 Å². The van der Waals surface area contributed by atoms with Crippen molar-refractivity contribution in [1.29, 1.82) is 0 Å². The number of aryl methyl sites for hydroxylation is 1. The van der Waals surface area contributed by atoms with Gasteiger partial charge in [-0.05, 0) is 31.9 Å². The van der Waals surface area contributed by atoms with E-state index >= 15 is 0 Å². The van der Waals surface area contributed by atoms with Gasteiger partial charge in [-0.2, -0.15) is 4.31 Å². The Balaban J connectivity index is 1.77. The standard InChI is InChI=1S/C17H21N3O5S/c1-13-10-16(19-25-13)18-17(21)12-20(11-14-6-5-9-24-14)26(22,23)15-7-3-2-4-8-15/h2-4,7-8,10,14H,5-6,9,11-12H2,1H3,(H,18,19,21)/t14-/m1/s1. The number of sulfonamides is 1. The van der Waals surface area contributed by atoms with Gasteiger partial charge in [-0.1, -0.05) is 23.4 Å². The number of nitrogens with zero attached hydrogens (tertiary/aromatic N) is 2. The number of carbonyl (C=O) groups is 1. The van der Waals surface area contributed by atoms with Crippen molar-refractivity contribution in [2.24, 2.45) is 0 Å². The number of hydrogen-bond donors (Lipinski definition) is 1. The number of ether oxygens (including phenoxy) is 1. The second-order valence-corrected chi connectivity index (χ2v) is 8.05. The van der Waals surface area contributed by atoms with Gasteiger partial charge in [0, 0.05) is 19.2 Å². The SMILES string of the molecule is Cc1cc(NC(=O)CN(C[C@H]2CCCO2)S(=O)(=O)c2ccccc2)no1. The van der Waals surface area contributed by atoms with E-state index in [1.165, 1.54) is 12.1 Å². The lowest BCUT2D eigenvalue weighted by Gasteiger charge is -2.24. The highest BCUT2D eigenvalue weighted by Gasteiger charge is 2.30. The largest absolute Gasteiger partial charge is 0.377 e. The van der Waals surface area contributed by atoms with Crippen LogP contribution in [0.15, 0.2) is 45.8 Å². The summed E-state index contributed by atoms with van der Waals surface area (Å²) >= 11 is 0. The fourth-order valence-corrected chi connectivity index (χ4v) is 4.22. The van der Waals surface area contributed by atoms with E-state index in [2.05, 4.69) is 10.5 Å². The van der Waals surface area contributed by atoms with Crippen LogP contribution in [0.3, 0.4) is 0 Å². The number of aromatic nitrogens is 1. The summed E-state index contributed by atoms with van der Waals surface area (Å²) in [5.74, 6) is 0.311. The predicted octanol–water partition coefficient (Wildman–Crippen LogP) is 1.79. The van der Waals surface area contributed by atoms with E-state index in [-0.39, 0.29) is 29.9 Å². The molecule has 2 heterocycles. The van der Waals surface area contributed by atoms with Crippen LogP contribution in [0.25, 0.3) is 0 Å². The monoisotopic (exact) mass is 379 g/mol. The van der Waals surface area contributed by atoms with Crippen LogP contribution in [-0.4, -0.2) is 49.6 Å². The van der Waals surface area contributed by atoms with Crippen molar-refractivity contribution >= 4 is 21.7 Å². The van der Waals surface area contributed by atoms with Gasteiger partial charge in [0.2, 0.25) is 15.9 Å². The number of amides is 1. The van der Waals surface area contributed by atoms with Gasteiger partial charge in [0.15, 0.2) is 5.82 Å². The molecule has 1 aromatic heterocycles. The van der Waals surface area contributed by atoms with Gasteiger partial charge in [-0.3, -0.25) is 4.79 Å². The van der Waals surface area contributed by atoms with Gasteiger partial charge in [-0.15, -0.1) is 0 Å². The Kier molecular flexibility index (Phi) is 5.70. The van der Waals surface area contributed by atoms with Gasteiger partial charge < -0.3 is 14.6 Å². The summed E-state index contributed by atoms with van der Waals surface area (Å²) in [5.41, 5.74) is 0. The minimum atomic E-state index is -3.82. The second kappa shape index (κ2) is 7.98. The van der Waals surface area contributed by atoms with Crippen LogP contribution in [0.5, 0.6) is 0 Å². The molecule has 1 amide bonds. The van der Waals surface area contributed by atoms with E-state index in [4.69, 9.17) is 9.26 Å². The summed E-state index contributed by atoms with van der Waals surface area (Å²) in [6.07, 6.45) is 1.44. The molecule has 9 heteroatoms. The third-order valence-electron chi connectivity index (χ3n) is 4.03. The smallest absolute Gasteiger partial charge is 0.243 e. The summed E-state index contributed by atoms with van der Waals surface area (Å²) in [6, 6.07) is 9.62. The van der Waals surface area contributed by atoms with Crippen molar-refractivity contribution < 1.29 is 22.5 Å². The van der Waals surface area contributed by atoms with Crippen molar-refractivity contribution in [1.82, 2.24) is 9.46 Å². The summed E-state index contributed by atoms with van der Waals surface area (Å²) in [5, 5.41) is 6.24. The molecule has 0 bridgehead atoms. The molecule has 1 aliphatic heterocycles. The molecule has 1 atom stereocenters. The van der Waals surface area contributed by atoms with Crippen molar-refractivity contribution in [2.45, 2.75) is 30.8 Å². The van der Waals surface area contributed by atoms with Gasteiger partial charge >= 0.3 is 0 Å². The molecule has 0 saturated carbocycles. The normalized spacial score (nSPS) is 17.5. The first-order valence-electron chi connectivity index (χ1n) is 8.35. The van der Waals surface area contributed by atoms with E-state index in [1.54, 1.807) is 31.2 Å². The van der Waals surface area contributed by atoms with E-state index < -0.39 is 15.9 Å². The molecule has 3 rings (SSSR count). The average Bonchev–Trinajstić information content (AvgIpc) is 3.27. The molecule has 140 valence electrons. The minimum Gasteiger partial charge on any atom is -0.377 e. The van der Waals surface area contributed by atoms with E-state index in [0.717, 1.165) is 17.1 Å². The first kappa shape index (κ1) is 18.6. The van der Waals surface area contributed by atoms with Gasteiger partial charge in [0.25, 0.3) is 0 Å². The lowest BCUT2D eigenvalue weighted by atomic mass is 10.2. The number of hydrogen-bond acceptors (Lipinski definition) is 6. The Hall–Kier alpha value is -2.23. The zero-order valence-corrected chi connectivity index (χ0v) is 15.2. The molecule has 1 aromatic carbocycles. The highest BCUT2D eigenvalue weighted by molar-refractivity contribution is 7.89. The Labute approximate surface area is 152 Å². The van der Waals surface area contributed by atoms with Crippen molar-refractivity contribution in [3.8, 4) is 0 Å². The average molecular weight is 379 g/mol. The highest BCUT2D eigenvalue weighted by atomic mass is 32.2. The number of nitrogens with one attached hydrogen (secondary N) is 1. The van der Waals surface area contributed by atoms with Crippen LogP contribution in [0.1, 0.15) is 18.6 Å². The summed E-state index contributed by atoms with van der Waals surface area (Å²) in [4.78, 5) is 12.5. The second-order valence-electron chi connectivity index (χ2n) is 6.12. The van der Waals surface area contributed by atoms with Crippen molar-refractivity contribution in [3.05, 3.63) is 42.2 Å². The van der Waals surface area contributed by atoms with E-state index in [9.17, 15) is 13.2 Å². The van der Waals surface area contributed by atoms with Crippen LogP contribution in [0.4, 0.5) is 5.82 Å². The summed E-state index contributed by atoms with van der Waals surface area (Å²) in [6.45, 7) is 2.10. The van der Waals surface area contributed by atoms with Crippen molar-refractivity contribution in [3.63, 3.8) is 0 Å². The molecule has 0 spiro atoms. The zero-order valence-electron chi connectivity index (χ0n) is 14.4. The molecule has 1 N–H and O–H groups in total. The Morgan fingerprint density at radius 2 is 2.12 bits per heavy atom. The molecule has 0 radical (unpaired) electrons. The molecular formula is C17H21N3O5S. The zero-order chi connectivity index (χ0) is 18.6. The van der Waals surface area contributed by atoms with Gasteiger partial charge in [-0.25, -0.2) is 8.42 Å². The molecule has 0 unspecified atom stereocenters. The highest BCUT2D eigenvalue weighted by Crippen LogP contribution is 2.20. The molecular weight excluding hydrogens is 358 g/mol. The quantitative estimate of drug-likeness (QED) is 0.787. The third kappa shape index (κ3) is 4.48. The van der Waals surface area contributed by atoms with Crippen molar-refractivity contribution in [2.75, 3.05) is 25.0 Å². The number of carbonyl (C=O) groups excluding carboxylic acids is 1. The lowest BCUT2D eigenvalue weighted by Crippen LogP contribution is -2.42. The molecule has 1 fully saturated rings. The molecule has 1 saturated heterocycles. The lowest BCUT2D eigenvalue weighted by molar-refractivity contribution is -0.116. The summed E-state index contributed by atoms with van der Waals surface area (Å²) in [7, 11) is -3.82. The molecule has 26 heavy (non-hydrogen) atoms. The minimum absolute atomic E-state index is 0.127. The van der Waals surface area contributed by atoms with Crippen LogP contribution in [-0.2, 0) is 19.6 Å². The van der Waals surface area contributed by atoms with Gasteiger partial charge in [0.05, 0.1) is 17.5 Å². The van der Waals surface area contributed by atoms with Crippen LogP contribution in [0.2, 0.25) is 0 Å².